The first kappa shape index (κ1) is 22.0. The maximum absolute atomic E-state index is 12.1. The van der Waals surface area contributed by atoms with Crippen molar-refractivity contribution in [2.24, 2.45) is 0 Å². The maximum Gasteiger partial charge on any atom is 0.272 e. The number of aromatic nitrogens is 4. The molecule has 0 radical (unpaired) electrons. The second kappa shape index (κ2) is 10.4. The number of hydrogen-bond acceptors (Lipinski definition) is 8. The van der Waals surface area contributed by atoms with Gasteiger partial charge in [-0.05, 0) is 36.8 Å². The van der Waals surface area contributed by atoms with Gasteiger partial charge in [0.2, 0.25) is 5.91 Å². The van der Waals surface area contributed by atoms with Crippen LogP contribution in [0.25, 0.3) is 22.2 Å². The third-order valence-corrected chi connectivity index (χ3v) is 5.04. The Labute approximate surface area is 189 Å². The van der Waals surface area contributed by atoms with Crippen LogP contribution in [0.3, 0.4) is 0 Å². The molecule has 4 aromatic rings. The number of nitrogens with one attached hydrogen (secondary N) is 3. The van der Waals surface area contributed by atoms with Crippen LogP contribution in [0.4, 0.5) is 5.82 Å². The minimum atomic E-state index is -0.221. The molecule has 2 aromatic heterocycles. The number of nitrogens with zero attached hydrogens (tertiary/aromatic N) is 3. The molecule has 3 N–H and O–H groups in total. The number of aryl methyl sites for hydroxylation is 1. The summed E-state index contributed by atoms with van der Waals surface area (Å²) in [6.45, 7) is 1.11. The molecule has 2 heterocycles. The van der Waals surface area contributed by atoms with Gasteiger partial charge in [-0.1, -0.05) is 23.4 Å². The summed E-state index contributed by atoms with van der Waals surface area (Å²) >= 11 is 0. The topological polar surface area (TPSA) is 135 Å². The Hall–Kier alpha value is -4.21. The Morgan fingerprint density at radius 3 is 2.67 bits per heavy atom. The molecule has 0 aliphatic carbocycles. The lowest BCUT2D eigenvalue weighted by Crippen LogP contribution is -2.26. The first-order valence-electron chi connectivity index (χ1n) is 10.6. The largest absolute Gasteiger partial charge is 0.497 e. The minimum Gasteiger partial charge on any atom is -0.497 e. The summed E-state index contributed by atoms with van der Waals surface area (Å²) in [4.78, 5) is 28.3. The first-order valence-corrected chi connectivity index (χ1v) is 10.6. The lowest BCUT2D eigenvalue weighted by Gasteiger charge is -2.08. The number of fused-ring (bicyclic) bond motifs is 1. The van der Waals surface area contributed by atoms with Crippen LogP contribution in [-0.4, -0.2) is 46.4 Å². The third kappa shape index (κ3) is 5.53. The van der Waals surface area contributed by atoms with E-state index in [-0.39, 0.29) is 17.9 Å². The van der Waals surface area contributed by atoms with Gasteiger partial charge in [-0.25, -0.2) is 5.10 Å². The third-order valence-electron chi connectivity index (χ3n) is 5.04. The van der Waals surface area contributed by atoms with Gasteiger partial charge in [-0.2, -0.15) is 10.1 Å². The Morgan fingerprint density at radius 2 is 1.88 bits per heavy atom. The maximum atomic E-state index is 12.1. The molecule has 10 nitrogen and oxygen atoms in total. The van der Waals surface area contributed by atoms with Crippen LogP contribution in [0, 0.1) is 0 Å². The highest BCUT2D eigenvalue weighted by molar-refractivity contribution is 5.90. The molecule has 0 fully saturated rings. The van der Waals surface area contributed by atoms with Crippen molar-refractivity contribution in [2.75, 3.05) is 25.5 Å². The van der Waals surface area contributed by atoms with E-state index in [1.807, 2.05) is 42.5 Å². The summed E-state index contributed by atoms with van der Waals surface area (Å²) in [6.07, 6.45) is 1.35. The molecule has 0 spiro atoms. The number of rotatable bonds is 10. The van der Waals surface area contributed by atoms with E-state index in [1.165, 1.54) is 0 Å². The number of amides is 1. The highest BCUT2D eigenvalue weighted by Crippen LogP contribution is 2.21. The van der Waals surface area contributed by atoms with E-state index in [2.05, 4.69) is 31.0 Å². The average Bonchev–Trinajstić information content (AvgIpc) is 3.33. The fourth-order valence-corrected chi connectivity index (χ4v) is 3.29. The summed E-state index contributed by atoms with van der Waals surface area (Å²) in [5.41, 5.74) is 0.567. The van der Waals surface area contributed by atoms with Crippen LogP contribution in [-0.2, 0) is 11.2 Å². The molecule has 0 aliphatic rings. The summed E-state index contributed by atoms with van der Waals surface area (Å²) in [7, 11) is 1.60. The second-order valence-electron chi connectivity index (χ2n) is 7.32. The zero-order valence-electron chi connectivity index (χ0n) is 18.1. The van der Waals surface area contributed by atoms with E-state index in [9.17, 15) is 9.59 Å². The normalized spacial score (nSPS) is 10.8. The van der Waals surface area contributed by atoms with E-state index >= 15 is 0 Å². The van der Waals surface area contributed by atoms with Crippen molar-refractivity contribution in [3.63, 3.8) is 0 Å². The number of benzene rings is 2. The molecule has 1 amide bonds. The molecule has 0 unspecified atom stereocenters. The van der Waals surface area contributed by atoms with Gasteiger partial charge in [0, 0.05) is 36.9 Å². The van der Waals surface area contributed by atoms with Gasteiger partial charge in [0.15, 0.2) is 11.6 Å². The number of carbonyl (C=O) groups excluding carboxylic acids is 1. The van der Waals surface area contributed by atoms with E-state index in [4.69, 9.17) is 9.26 Å². The highest BCUT2D eigenvalue weighted by atomic mass is 16.5. The van der Waals surface area contributed by atoms with Crippen molar-refractivity contribution in [1.82, 2.24) is 25.7 Å². The highest BCUT2D eigenvalue weighted by Gasteiger charge is 2.11. The summed E-state index contributed by atoms with van der Waals surface area (Å²) in [5.74, 6) is 2.16. The number of aromatic amines is 1. The lowest BCUT2D eigenvalue weighted by atomic mass is 10.2. The van der Waals surface area contributed by atoms with Crippen LogP contribution in [0.5, 0.6) is 5.75 Å². The quantitative estimate of drug-likeness (QED) is 0.315. The van der Waals surface area contributed by atoms with E-state index in [0.29, 0.717) is 48.9 Å². The van der Waals surface area contributed by atoms with E-state index in [0.717, 1.165) is 16.7 Å². The van der Waals surface area contributed by atoms with Gasteiger partial charge in [-0.15, -0.1) is 0 Å². The van der Waals surface area contributed by atoms with Crippen molar-refractivity contribution in [2.45, 2.75) is 19.3 Å². The molecule has 2 aromatic carbocycles. The number of methoxy groups -OCH3 is 1. The van der Waals surface area contributed by atoms with Crippen LogP contribution < -0.4 is 20.9 Å². The summed E-state index contributed by atoms with van der Waals surface area (Å²) in [5, 5.41) is 17.9. The van der Waals surface area contributed by atoms with Crippen LogP contribution >= 0.6 is 0 Å². The van der Waals surface area contributed by atoms with Gasteiger partial charge in [0.25, 0.3) is 11.4 Å². The van der Waals surface area contributed by atoms with Crippen molar-refractivity contribution < 1.29 is 14.1 Å². The fraction of sp³-hybridized carbons (Fsp3) is 0.261. The standard InChI is InChI=1S/C23H24N6O4/c1-32-16-9-7-15(8-10-16)23-26-19(29-33-23)11-12-20(30)24-13-4-14-25-21-17-5-2-3-6-18(17)22(31)28-27-21/h2-3,5-10H,4,11-14H2,1H3,(H,24,30)(H,25,27)(H,28,31). The molecule has 0 saturated heterocycles. The van der Waals surface area contributed by atoms with Gasteiger partial charge < -0.3 is 19.9 Å². The van der Waals surface area contributed by atoms with Gasteiger partial charge in [-0.3, -0.25) is 9.59 Å². The SMILES string of the molecule is COc1ccc(-c2nc(CCC(=O)NCCCNc3n[nH]c(=O)c4ccccc34)no2)cc1. The Morgan fingerprint density at radius 1 is 1.09 bits per heavy atom. The minimum absolute atomic E-state index is 0.0848. The lowest BCUT2D eigenvalue weighted by molar-refractivity contribution is -0.121. The van der Waals surface area contributed by atoms with Crippen molar-refractivity contribution >= 4 is 22.5 Å². The summed E-state index contributed by atoms with van der Waals surface area (Å²) < 4.78 is 10.4. The Kier molecular flexibility index (Phi) is 6.93. The Balaban J connectivity index is 1.18. The molecule has 0 saturated carbocycles. The predicted octanol–water partition coefficient (Wildman–Crippen LogP) is 2.53. The van der Waals surface area contributed by atoms with Crippen molar-refractivity contribution in [1.29, 1.82) is 0 Å². The van der Waals surface area contributed by atoms with Crippen LogP contribution in [0.15, 0.2) is 57.8 Å². The molecule has 170 valence electrons. The molecule has 33 heavy (non-hydrogen) atoms. The smallest absolute Gasteiger partial charge is 0.272 e. The summed E-state index contributed by atoms with van der Waals surface area (Å²) in [6, 6.07) is 14.6. The predicted molar refractivity (Wildman–Crippen MR) is 123 cm³/mol. The molecule has 0 atom stereocenters. The van der Waals surface area contributed by atoms with Crippen LogP contribution in [0.2, 0.25) is 0 Å². The molecular weight excluding hydrogens is 424 g/mol. The average molecular weight is 448 g/mol. The molecular formula is C23H24N6O4. The van der Waals surface area contributed by atoms with E-state index in [1.54, 1.807) is 13.2 Å². The molecule has 10 heteroatoms. The fourth-order valence-electron chi connectivity index (χ4n) is 3.29. The molecule has 0 aliphatic heterocycles. The van der Waals surface area contributed by atoms with Gasteiger partial charge >= 0.3 is 0 Å². The second-order valence-corrected chi connectivity index (χ2v) is 7.32. The van der Waals surface area contributed by atoms with E-state index < -0.39 is 0 Å². The number of carbonyl (C=O) groups is 1. The van der Waals surface area contributed by atoms with Crippen LogP contribution in [0.1, 0.15) is 18.7 Å². The number of anilines is 1. The van der Waals surface area contributed by atoms with Crippen molar-refractivity contribution in [3.05, 3.63) is 64.7 Å². The zero-order chi connectivity index (χ0) is 23.0. The first-order chi connectivity index (χ1) is 16.1. The molecule has 4 rings (SSSR count). The number of H-pyrrole nitrogens is 1. The Bertz CT molecular complexity index is 1280. The molecule has 0 bridgehead atoms. The number of ether oxygens (including phenoxy) is 1. The van der Waals surface area contributed by atoms with Gasteiger partial charge in [0.05, 0.1) is 12.5 Å². The van der Waals surface area contributed by atoms with Gasteiger partial charge in [0.1, 0.15) is 5.75 Å². The number of hydrogen-bond donors (Lipinski definition) is 3. The van der Waals surface area contributed by atoms with Crippen molar-refractivity contribution in [3.8, 4) is 17.2 Å². The zero-order valence-corrected chi connectivity index (χ0v) is 18.1. The monoisotopic (exact) mass is 448 g/mol.